The number of hydrogen-bond donors (Lipinski definition) is 0. The summed E-state index contributed by atoms with van der Waals surface area (Å²) < 4.78 is 0. The second-order valence-electron chi connectivity index (χ2n) is 11.1. The molecule has 0 bridgehead atoms. The van der Waals surface area contributed by atoms with Crippen molar-refractivity contribution in [1.29, 1.82) is 0 Å². The molecule has 0 spiro atoms. The van der Waals surface area contributed by atoms with Crippen LogP contribution in [-0.2, 0) is 0 Å². The molecule has 2 atom stereocenters. The van der Waals surface area contributed by atoms with Gasteiger partial charge in [0.1, 0.15) is 0 Å². The van der Waals surface area contributed by atoms with E-state index in [0.717, 1.165) is 0 Å². The molecule has 5 aromatic rings. The molecule has 0 aromatic heterocycles. The molecule has 2 aliphatic carbocycles. The Morgan fingerprint density at radius 3 is 2.13 bits per heavy atom. The number of fused-ring (bicyclic) bond motifs is 3. The Balaban J connectivity index is 1.43. The lowest BCUT2D eigenvalue weighted by Crippen LogP contribution is -2.10. The lowest BCUT2D eigenvalue weighted by atomic mass is 9.76. The van der Waals surface area contributed by atoms with Crippen LogP contribution in [0.5, 0.6) is 0 Å². The summed E-state index contributed by atoms with van der Waals surface area (Å²) in [7, 11) is 0. The highest BCUT2D eigenvalue weighted by Crippen LogP contribution is 2.53. The Labute approximate surface area is 226 Å². The van der Waals surface area contributed by atoms with Crippen molar-refractivity contribution in [2.24, 2.45) is 0 Å². The van der Waals surface area contributed by atoms with Crippen molar-refractivity contribution >= 4 is 34.1 Å². The van der Waals surface area contributed by atoms with Crippen LogP contribution in [0.4, 0.5) is 0 Å². The molecular weight excluding hydrogens is 456 g/mol. The summed E-state index contributed by atoms with van der Waals surface area (Å²) in [4.78, 5) is 0. The lowest BCUT2D eigenvalue weighted by Gasteiger charge is -2.27. The highest BCUT2D eigenvalue weighted by molar-refractivity contribution is 6.03. The first-order valence-electron chi connectivity index (χ1n) is 13.7. The van der Waals surface area contributed by atoms with Crippen molar-refractivity contribution in [1.82, 2.24) is 0 Å². The SMILES string of the molecule is Cc1cccc(C2=Cc3ccccc3C2c2c(C)ccc3c2C(C)C(c2cccc4ccccc24)=C3)c1C. The van der Waals surface area contributed by atoms with Crippen LogP contribution in [0.2, 0.25) is 0 Å². The topological polar surface area (TPSA) is 0 Å². The summed E-state index contributed by atoms with van der Waals surface area (Å²) in [5, 5.41) is 2.64. The van der Waals surface area contributed by atoms with Gasteiger partial charge in [0, 0.05) is 11.8 Å². The van der Waals surface area contributed by atoms with Gasteiger partial charge in [0.05, 0.1) is 0 Å². The van der Waals surface area contributed by atoms with Crippen LogP contribution in [-0.4, -0.2) is 0 Å². The zero-order valence-electron chi connectivity index (χ0n) is 22.5. The van der Waals surface area contributed by atoms with Gasteiger partial charge < -0.3 is 0 Å². The minimum atomic E-state index is 0.226. The summed E-state index contributed by atoms with van der Waals surface area (Å²) in [6.45, 7) is 9.21. The molecule has 2 unspecified atom stereocenters. The van der Waals surface area contributed by atoms with E-state index in [1.165, 1.54) is 77.6 Å². The third kappa shape index (κ3) is 3.37. The summed E-state index contributed by atoms with van der Waals surface area (Å²) in [6, 6.07) is 35.9. The van der Waals surface area contributed by atoms with Crippen LogP contribution in [0.3, 0.4) is 0 Å². The van der Waals surface area contributed by atoms with Crippen molar-refractivity contribution in [3.8, 4) is 0 Å². The van der Waals surface area contributed by atoms with E-state index in [9.17, 15) is 0 Å². The Hall–Kier alpha value is -4.16. The van der Waals surface area contributed by atoms with Crippen LogP contribution in [0, 0.1) is 20.8 Å². The number of allylic oxidation sites excluding steroid dienone is 2. The fourth-order valence-corrected chi connectivity index (χ4v) is 6.92. The summed E-state index contributed by atoms with van der Waals surface area (Å²) in [5.41, 5.74) is 16.8. The molecule has 0 fully saturated rings. The van der Waals surface area contributed by atoms with Gasteiger partial charge >= 0.3 is 0 Å². The molecule has 0 heteroatoms. The van der Waals surface area contributed by atoms with Gasteiger partial charge in [0.2, 0.25) is 0 Å². The number of hydrogen-bond acceptors (Lipinski definition) is 0. The average Bonchev–Trinajstić information content (AvgIpc) is 3.48. The average molecular weight is 489 g/mol. The molecule has 38 heavy (non-hydrogen) atoms. The molecule has 184 valence electrons. The maximum Gasteiger partial charge on any atom is 0.0357 e. The van der Waals surface area contributed by atoms with E-state index >= 15 is 0 Å². The molecule has 0 aliphatic heterocycles. The van der Waals surface area contributed by atoms with E-state index in [2.05, 4.69) is 137 Å². The smallest absolute Gasteiger partial charge is 0.0357 e. The van der Waals surface area contributed by atoms with Crippen molar-refractivity contribution in [3.63, 3.8) is 0 Å². The maximum absolute atomic E-state index is 2.45. The van der Waals surface area contributed by atoms with Gasteiger partial charge in [0.25, 0.3) is 0 Å². The Morgan fingerprint density at radius 1 is 0.526 bits per heavy atom. The first-order chi connectivity index (χ1) is 18.5. The quantitative estimate of drug-likeness (QED) is 0.237. The van der Waals surface area contributed by atoms with Crippen molar-refractivity contribution < 1.29 is 0 Å². The molecule has 0 saturated heterocycles. The maximum atomic E-state index is 2.45. The van der Waals surface area contributed by atoms with Crippen molar-refractivity contribution in [2.45, 2.75) is 39.5 Å². The Kier molecular flexibility index (Phi) is 5.27. The summed E-state index contributed by atoms with van der Waals surface area (Å²) in [5.74, 6) is 0.544. The van der Waals surface area contributed by atoms with Crippen LogP contribution in [0.25, 0.3) is 34.1 Å². The predicted molar refractivity (Wildman–Crippen MR) is 163 cm³/mol. The number of aryl methyl sites for hydroxylation is 2. The van der Waals surface area contributed by atoms with E-state index in [1.807, 2.05) is 0 Å². The van der Waals surface area contributed by atoms with E-state index in [1.54, 1.807) is 0 Å². The summed E-state index contributed by atoms with van der Waals surface area (Å²) >= 11 is 0. The van der Waals surface area contributed by atoms with Gasteiger partial charge in [-0.3, -0.25) is 0 Å². The van der Waals surface area contributed by atoms with Gasteiger partial charge in [-0.15, -0.1) is 0 Å². The van der Waals surface area contributed by atoms with Gasteiger partial charge in [0.15, 0.2) is 0 Å². The van der Waals surface area contributed by atoms with E-state index in [0.29, 0.717) is 5.92 Å². The molecule has 2 aliphatic rings. The van der Waals surface area contributed by atoms with E-state index in [-0.39, 0.29) is 5.92 Å². The molecule has 0 nitrogen and oxygen atoms in total. The van der Waals surface area contributed by atoms with Gasteiger partial charge in [-0.2, -0.15) is 0 Å². The van der Waals surface area contributed by atoms with Crippen LogP contribution >= 0.6 is 0 Å². The Bertz CT molecular complexity index is 1800. The first-order valence-corrected chi connectivity index (χ1v) is 13.7. The fourth-order valence-electron chi connectivity index (χ4n) is 6.92. The number of benzene rings is 5. The highest BCUT2D eigenvalue weighted by Gasteiger charge is 2.35. The van der Waals surface area contributed by atoms with Gasteiger partial charge in [-0.1, -0.05) is 110 Å². The standard InChI is InChI=1S/C38H32/c1-23-11-9-17-30(25(23)3)35-21-28-13-6-8-16-32(28)38(35)36-24(2)19-20-29-22-34(26(4)37(29)36)33-18-10-14-27-12-5-7-15-31(27)33/h5-22,26,38H,1-4H3. The second kappa shape index (κ2) is 8.71. The van der Waals surface area contributed by atoms with Gasteiger partial charge in [-0.05, 0) is 104 Å². The molecule has 0 saturated carbocycles. The molecular formula is C38H32. The minimum Gasteiger partial charge on any atom is -0.0619 e. The molecule has 0 heterocycles. The summed E-state index contributed by atoms with van der Waals surface area (Å²) in [6.07, 6.45) is 4.89. The molecule has 0 amide bonds. The van der Waals surface area contributed by atoms with Crippen molar-refractivity contribution in [2.75, 3.05) is 0 Å². The van der Waals surface area contributed by atoms with Crippen LogP contribution in [0.1, 0.15) is 74.4 Å². The molecule has 0 N–H and O–H groups in total. The second-order valence-corrected chi connectivity index (χ2v) is 11.1. The highest BCUT2D eigenvalue weighted by atomic mass is 14.4. The number of rotatable bonds is 3. The third-order valence-corrected chi connectivity index (χ3v) is 8.98. The lowest BCUT2D eigenvalue weighted by molar-refractivity contribution is 0.932. The zero-order valence-corrected chi connectivity index (χ0v) is 22.5. The van der Waals surface area contributed by atoms with Crippen LogP contribution in [0.15, 0.2) is 97.1 Å². The Morgan fingerprint density at radius 2 is 1.24 bits per heavy atom. The fraction of sp³-hybridized carbons (Fsp3) is 0.158. The minimum absolute atomic E-state index is 0.226. The molecule has 7 rings (SSSR count). The largest absolute Gasteiger partial charge is 0.0619 e. The van der Waals surface area contributed by atoms with E-state index < -0.39 is 0 Å². The van der Waals surface area contributed by atoms with Gasteiger partial charge in [-0.25, -0.2) is 0 Å². The zero-order chi connectivity index (χ0) is 26.0. The normalized spacial score (nSPS) is 17.8. The first kappa shape index (κ1) is 23.0. The monoisotopic (exact) mass is 488 g/mol. The van der Waals surface area contributed by atoms with Crippen molar-refractivity contribution in [3.05, 3.63) is 153 Å². The van der Waals surface area contributed by atoms with Crippen LogP contribution < -0.4 is 0 Å². The molecule has 5 aromatic carbocycles. The third-order valence-electron chi connectivity index (χ3n) is 8.98. The predicted octanol–water partition coefficient (Wildman–Crippen LogP) is 10.1. The van der Waals surface area contributed by atoms with E-state index in [4.69, 9.17) is 0 Å². The molecule has 0 radical (unpaired) electrons.